The van der Waals surface area contributed by atoms with Crippen molar-refractivity contribution < 1.29 is 13.2 Å². The van der Waals surface area contributed by atoms with Crippen molar-refractivity contribution in [2.75, 3.05) is 19.6 Å². The molecule has 21 heavy (non-hydrogen) atoms. The van der Waals surface area contributed by atoms with Crippen LogP contribution in [0.4, 0.5) is 13.2 Å². The molecule has 0 bridgehead atoms. The minimum atomic E-state index is -4.35. The molecule has 118 valence electrons. The van der Waals surface area contributed by atoms with Gasteiger partial charge >= 0.3 is 6.18 Å². The van der Waals surface area contributed by atoms with Gasteiger partial charge in [0, 0.05) is 12.6 Å². The maximum absolute atomic E-state index is 13.0. The summed E-state index contributed by atoms with van der Waals surface area (Å²) < 4.78 is 39.1. The molecule has 2 nitrogen and oxygen atoms in total. The van der Waals surface area contributed by atoms with E-state index in [-0.39, 0.29) is 5.56 Å². The Bertz CT molecular complexity index is 473. The van der Waals surface area contributed by atoms with E-state index in [9.17, 15) is 13.2 Å². The molecule has 1 unspecified atom stereocenters. The van der Waals surface area contributed by atoms with Crippen molar-refractivity contribution in [1.29, 1.82) is 0 Å². The first-order chi connectivity index (χ1) is 9.69. The molecule has 0 radical (unpaired) electrons. The fraction of sp³-hybridized carbons (Fsp3) is 0.625. The summed E-state index contributed by atoms with van der Waals surface area (Å²) in [7, 11) is 0. The lowest BCUT2D eigenvalue weighted by atomic mass is 9.82. The second-order valence-corrected chi connectivity index (χ2v) is 6.66. The highest BCUT2D eigenvalue weighted by atomic mass is 19.4. The Kier molecular flexibility index (Phi) is 4.63. The maximum Gasteiger partial charge on any atom is 0.416 e. The molecule has 1 aromatic rings. The molecule has 1 saturated heterocycles. The van der Waals surface area contributed by atoms with E-state index in [4.69, 9.17) is 5.73 Å². The number of piperidine rings is 1. The van der Waals surface area contributed by atoms with Gasteiger partial charge in [-0.25, -0.2) is 0 Å². The fourth-order valence-electron chi connectivity index (χ4n) is 2.80. The minimum Gasteiger partial charge on any atom is -0.323 e. The van der Waals surface area contributed by atoms with Crippen LogP contribution in [0.2, 0.25) is 0 Å². The predicted octanol–water partition coefficient (Wildman–Crippen LogP) is 3.83. The zero-order valence-electron chi connectivity index (χ0n) is 12.6. The summed E-state index contributed by atoms with van der Waals surface area (Å²) in [5.41, 5.74) is 5.95. The molecule has 2 rings (SSSR count). The molecule has 5 heteroatoms. The Morgan fingerprint density at radius 1 is 1.19 bits per heavy atom. The van der Waals surface area contributed by atoms with Gasteiger partial charge in [-0.3, -0.25) is 0 Å². The predicted molar refractivity (Wildman–Crippen MR) is 77.8 cm³/mol. The first kappa shape index (κ1) is 16.3. The van der Waals surface area contributed by atoms with Crippen LogP contribution in [0.15, 0.2) is 24.3 Å². The average Bonchev–Trinajstić information content (AvgIpc) is 2.40. The molecule has 0 saturated carbocycles. The number of nitrogens with zero attached hydrogens (tertiary/aromatic N) is 1. The van der Waals surface area contributed by atoms with Crippen LogP contribution in [0.3, 0.4) is 0 Å². The summed E-state index contributed by atoms with van der Waals surface area (Å²) >= 11 is 0. The van der Waals surface area contributed by atoms with Crippen molar-refractivity contribution >= 4 is 0 Å². The highest BCUT2D eigenvalue weighted by Gasteiger charge is 2.35. The van der Waals surface area contributed by atoms with E-state index in [1.807, 2.05) is 0 Å². The molecular weight excluding hydrogens is 277 g/mol. The quantitative estimate of drug-likeness (QED) is 0.919. The van der Waals surface area contributed by atoms with Crippen molar-refractivity contribution in [3.63, 3.8) is 0 Å². The van der Waals surface area contributed by atoms with E-state index in [1.54, 1.807) is 6.07 Å². The first-order valence-corrected chi connectivity index (χ1v) is 7.33. The van der Waals surface area contributed by atoms with Gasteiger partial charge in [-0.05, 0) is 43.0 Å². The van der Waals surface area contributed by atoms with E-state index in [0.29, 0.717) is 12.0 Å². The van der Waals surface area contributed by atoms with E-state index in [0.717, 1.165) is 32.0 Å². The van der Waals surface area contributed by atoms with E-state index >= 15 is 0 Å². The van der Waals surface area contributed by atoms with Crippen molar-refractivity contribution in [1.82, 2.24) is 4.90 Å². The van der Waals surface area contributed by atoms with Gasteiger partial charge in [-0.2, -0.15) is 13.2 Å². The number of halogens is 3. The van der Waals surface area contributed by atoms with Crippen LogP contribution in [0.1, 0.15) is 43.9 Å². The number of alkyl halides is 3. The van der Waals surface area contributed by atoms with Crippen LogP contribution < -0.4 is 5.73 Å². The van der Waals surface area contributed by atoms with Gasteiger partial charge in [0.1, 0.15) is 0 Å². The third-order valence-electron chi connectivity index (χ3n) is 4.33. The lowest BCUT2D eigenvalue weighted by molar-refractivity contribution is -0.138. The number of likely N-dealkylation sites (tertiary alicyclic amines) is 1. The Labute approximate surface area is 124 Å². The van der Waals surface area contributed by atoms with Crippen LogP contribution >= 0.6 is 0 Å². The summed E-state index contributed by atoms with van der Waals surface area (Å²) in [6, 6.07) is 5.01. The zero-order valence-corrected chi connectivity index (χ0v) is 12.6. The lowest BCUT2D eigenvalue weighted by Gasteiger charge is -2.38. The molecule has 0 aliphatic carbocycles. The second kappa shape index (κ2) is 5.97. The molecule has 2 N–H and O–H groups in total. The van der Waals surface area contributed by atoms with Crippen LogP contribution in [-0.2, 0) is 6.18 Å². The summed E-state index contributed by atoms with van der Waals surface area (Å²) in [4.78, 5) is 2.17. The molecule has 1 atom stereocenters. The third kappa shape index (κ3) is 4.20. The number of hydrogen-bond donors (Lipinski definition) is 1. The zero-order chi connectivity index (χ0) is 15.7. The van der Waals surface area contributed by atoms with Crippen molar-refractivity contribution in [2.24, 2.45) is 11.1 Å². The van der Waals surface area contributed by atoms with Crippen LogP contribution in [0.25, 0.3) is 0 Å². The Hall–Kier alpha value is -1.07. The molecule has 0 amide bonds. The summed E-state index contributed by atoms with van der Waals surface area (Å²) in [5.74, 6) is 0. The molecule has 1 fully saturated rings. The number of nitrogens with two attached hydrogens (primary N) is 1. The van der Waals surface area contributed by atoms with Gasteiger partial charge in [0.25, 0.3) is 0 Å². The smallest absolute Gasteiger partial charge is 0.323 e. The van der Waals surface area contributed by atoms with Gasteiger partial charge in [0.2, 0.25) is 0 Å². The van der Waals surface area contributed by atoms with Gasteiger partial charge < -0.3 is 10.6 Å². The largest absolute Gasteiger partial charge is 0.416 e. The summed E-state index contributed by atoms with van der Waals surface area (Å²) in [6.07, 6.45) is -2.24. The monoisotopic (exact) mass is 300 g/mol. The first-order valence-electron chi connectivity index (χ1n) is 7.33. The molecular formula is C16H23F3N2. The van der Waals surface area contributed by atoms with Crippen molar-refractivity contribution in [2.45, 2.75) is 38.9 Å². The van der Waals surface area contributed by atoms with Gasteiger partial charge in [-0.15, -0.1) is 0 Å². The maximum atomic E-state index is 13.0. The number of hydrogen-bond acceptors (Lipinski definition) is 2. The van der Waals surface area contributed by atoms with E-state index < -0.39 is 17.8 Å². The fourth-order valence-corrected chi connectivity index (χ4v) is 2.80. The normalized spacial score (nSPS) is 21.2. The summed E-state index contributed by atoms with van der Waals surface area (Å²) in [6.45, 7) is 6.72. The minimum absolute atomic E-state index is 0.190. The Morgan fingerprint density at radius 3 is 2.33 bits per heavy atom. The van der Waals surface area contributed by atoms with Crippen LogP contribution in [0, 0.1) is 5.41 Å². The summed E-state index contributed by atoms with van der Waals surface area (Å²) in [5, 5.41) is 0. The third-order valence-corrected chi connectivity index (χ3v) is 4.33. The van der Waals surface area contributed by atoms with Crippen LogP contribution in [-0.4, -0.2) is 24.5 Å². The topological polar surface area (TPSA) is 29.3 Å². The molecule has 1 aromatic carbocycles. The molecule has 1 heterocycles. The Morgan fingerprint density at radius 2 is 1.76 bits per heavy atom. The van der Waals surface area contributed by atoms with Crippen molar-refractivity contribution in [3.05, 3.63) is 35.4 Å². The highest BCUT2D eigenvalue weighted by Crippen LogP contribution is 2.35. The van der Waals surface area contributed by atoms with E-state index in [1.165, 1.54) is 12.1 Å². The Balaban J connectivity index is 2.06. The van der Waals surface area contributed by atoms with Gasteiger partial charge in [0.15, 0.2) is 0 Å². The number of rotatable bonds is 3. The van der Waals surface area contributed by atoms with Gasteiger partial charge in [0.05, 0.1) is 5.56 Å². The van der Waals surface area contributed by atoms with Gasteiger partial charge in [-0.1, -0.05) is 32.0 Å². The average molecular weight is 300 g/mol. The molecule has 1 aliphatic heterocycles. The second-order valence-electron chi connectivity index (χ2n) is 6.66. The van der Waals surface area contributed by atoms with E-state index in [2.05, 4.69) is 18.7 Å². The number of benzene rings is 1. The molecule has 1 aliphatic rings. The van der Waals surface area contributed by atoms with Crippen LogP contribution in [0.5, 0.6) is 0 Å². The lowest BCUT2D eigenvalue weighted by Crippen LogP contribution is -2.41. The van der Waals surface area contributed by atoms with Crippen molar-refractivity contribution in [3.8, 4) is 0 Å². The molecule has 0 spiro atoms. The molecule has 0 aromatic heterocycles. The standard InChI is InChI=1S/C16H23F3N2/c1-15(2)7-9-21(10-8-15)11-14(20)12-5-3-4-6-13(12)16(17,18)19/h3-6,14H,7-11,20H2,1-2H3. The highest BCUT2D eigenvalue weighted by molar-refractivity contribution is 5.32. The SMILES string of the molecule is CC1(C)CCN(CC(N)c2ccccc2C(F)(F)F)CC1.